The highest BCUT2D eigenvalue weighted by Gasteiger charge is 2.23. The number of amides is 2. The minimum atomic E-state index is -0.744. The number of hydrogen-bond acceptors (Lipinski definition) is 3. The van der Waals surface area contributed by atoms with E-state index in [0.29, 0.717) is 32.0 Å². The Hall–Kier alpha value is -2.05. The molecule has 2 amide bonds. The summed E-state index contributed by atoms with van der Waals surface area (Å²) in [5.74, 6) is -0.325. The quantitative estimate of drug-likeness (QED) is 0.854. The normalized spacial score (nSPS) is 16.0. The summed E-state index contributed by atoms with van der Waals surface area (Å²) in [6, 6.07) is 1.81. The van der Waals surface area contributed by atoms with Crippen molar-refractivity contribution in [3.8, 4) is 0 Å². The molecule has 21 heavy (non-hydrogen) atoms. The lowest BCUT2D eigenvalue weighted by Crippen LogP contribution is -2.44. The third-order valence-electron chi connectivity index (χ3n) is 4.01. The van der Waals surface area contributed by atoms with Crippen LogP contribution in [0.5, 0.6) is 0 Å². The number of piperidine rings is 1. The van der Waals surface area contributed by atoms with Crippen molar-refractivity contribution in [2.24, 2.45) is 13.0 Å². The highest BCUT2D eigenvalue weighted by atomic mass is 16.4. The van der Waals surface area contributed by atoms with Gasteiger partial charge < -0.3 is 15.3 Å². The molecule has 7 nitrogen and oxygen atoms in total. The molecule has 1 saturated heterocycles. The number of carboxylic acid groups (broad SMARTS) is 1. The average Bonchev–Trinajstić information content (AvgIpc) is 2.88. The molecule has 2 rings (SSSR count). The summed E-state index contributed by atoms with van der Waals surface area (Å²) in [4.78, 5) is 24.4. The maximum Gasteiger partial charge on any atom is 0.317 e. The third kappa shape index (κ3) is 4.47. The monoisotopic (exact) mass is 294 g/mol. The molecule has 0 saturated carbocycles. The number of aryl methyl sites for hydroxylation is 1. The number of urea groups is 1. The minimum absolute atomic E-state index is 0.0621. The van der Waals surface area contributed by atoms with Crippen molar-refractivity contribution in [2.75, 3.05) is 13.1 Å². The Morgan fingerprint density at radius 1 is 1.43 bits per heavy atom. The van der Waals surface area contributed by atoms with Crippen LogP contribution in [-0.2, 0) is 18.4 Å². The largest absolute Gasteiger partial charge is 0.481 e. The van der Waals surface area contributed by atoms with E-state index in [2.05, 4.69) is 10.4 Å². The van der Waals surface area contributed by atoms with Gasteiger partial charge in [-0.2, -0.15) is 5.10 Å². The fraction of sp³-hybridized carbons (Fsp3) is 0.643. The predicted octanol–water partition coefficient (Wildman–Crippen LogP) is 1.21. The van der Waals surface area contributed by atoms with E-state index in [0.717, 1.165) is 18.5 Å². The molecule has 1 fully saturated rings. The van der Waals surface area contributed by atoms with Gasteiger partial charge in [0, 0.05) is 32.8 Å². The maximum absolute atomic E-state index is 12.1. The van der Waals surface area contributed by atoms with Gasteiger partial charge in [-0.25, -0.2) is 4.79 Å². The number of carbonyl (C=O) groups excluding carboxylic acids is 1. The van der Waals surface area contributed by atoms with Crippen LogP contribution in [0.3, 0.4) is 0 Å². The van der Waals surface area contributed by atoms with Gasteiger partial charge in [0.05, 0.1) is 12.2 Å². The van der Waals surface area contributed by atoms with Crippen LogP contribution >= 0.6 is 0 Å². The predicted molar refractivity (Wildman–Crippen MR) is 76.6 cm³/mol. The number of nitrogens with one attached hydrogen (secondary N) is 1. The number of rotatable bonds is 5. The van der Waals surface area contributed by atoms with Crippen molar-refractivity contribution in [3.05, 3.63) is 18.0 Å². The molecule has 2 heterocycles. The summed E-state index contributed by atoms with van der Waals surface area (Å²) in [5.41, 5.74) is 0.958. The van der Waals surface area contributed by atoms with Gasteiger partial charge in [-0.1, -0.05) is 0 Å². The Morgan fingerprint density at radius 3 is 2.71 bits per heavy atom. The number of likely N-dealkylation sites (tertiary alicyclic amines) is 1. The fourth-order valence-electron chi connectivity index (χ4n) is 2.61. The molecule has 0 bridgehead atoms. The molecule has 0 aromatic carbocycles. The minimum Gasteiger partial charge on any atom is -0.481 e. The first kappa shape index (κ1) is 15.3. The number of carboxylic acids is 1. The summed E-state index contributed by atoms with van der Waals surface area (Å²) < 4.78 is 1.73. The number of nitrogens with zero attached hydrogens (tertiary/aromatic N) is 3. The van der Waals surface area contributed by atoms with Gasteiger partial charge in [-0.15, -0.1) is 0 Å². The summed E-state index contributed by atoms with van der Waals surface area (Å²) >= 11 is 0. The molecule has 0 radical (unpaired) electrons. The molecule has 2 N–H and O–H groups in total. The molecule has 7 heteroatoms. The molecular weight excluding hydrogens is 272 g/mol. The number of carbonyl (C=O) groups is 2. The Morgan fingerprint density at radius 2 is 2.14 bits per heavy atom. The van der Waals surface area contributed by atoms with Gasteiger partial charge in [0.2, 0.25) is 0 Å². The van der Waals surface area contributed by atoms with Gasteiger partial charge in [0.15, 0.2) is 0 Å². The van der Waals surface area contributed by atoms with Crippen molar-refractivity contribution in [3.63, 3.8) is 0 Å². The average molecular weight is 294 g/mol. The highest BCUT2D eigenvalue weighted by molar-refractivity contribution is 5.74. The van der Waals surface area contributed by atoms with Crippen LogP contribution in [-0.4, -0.2) is 44.9 Å². The molecule has 116 valence electrons. The number of aliphatic carboxylic acids is 1. The standard InChI is InChI=1S/C14H22N4O3/c1-17-12(4-7-16-17)10-15-14(21)18-8-5-11(6-9-18)2-3-13(19)20/h4,7,11H,2-3,5-6,8-10H2,1H3,(H,15,21)(H,19,20). The van der Waals surface area contributed by atoms with Gasteiger partial charge in [-0.05, 0) is 31.2 Å². The van der Waals surface area contributed by atoms with Crippen LogP contribution in [0.25, 0.3) is 0 Å². The van der Waals surface area contributed by atoms with Crippen molar-refractivity contribution >= 4 is 12.0 Å². The molecule has 1 aliphatic rings. The van der Waals surface area contributed by atoms with E-state index in [9.17, 15) is 9.59 Å². The van der Waals surface area contributed by atoms with E-state index in [-0.39, 0.29) is 12.5 Å². The van der Waals surface area contributed by atoms with Gasteiger partial charge in [0.25, 0.3) is 0 Å². The van der Waals surface area contributed by atoms with E-state index < -0.39 is 5.97 Å². The first-order valence-electron chi connectivity index (χ1n) is 7.27. The SMILES string of the molecule is Cn1nccc1CNC(=O)N1CCC(CCC(=O)O)CC1. The Labute approximate surface area is 123 Å². The first-order valence-corrected chi connectivity index (χ1v) is 7.27. The maximum atomic E-state index is 12.1. The summed E-state index contributed by atoms with van der Waals surface area (Å²) in [6.45, 7) is 1.86. The molecular formula is C14H22N4O3. The van der Waals surface area contributed by atoms with Gasteiger partial charge in [-0.3, -0.25) is 9.48 Å². The molecule has 1 aliphatic heterocycles. The van der Waals surface area contributed by atoms with Gasteiger partial charge >= 0.3 is 12.0 Å². The fourth-order valence-corrected chi connectivity index (χ4v) is 2.61. The van der Waals surface area contributed by atoms with Crippen LogP contribution in [0.15, 0.2) is 12.3 Å². The van der Waals surface area contributed by atoms with Crippen LogP contribution in [0.2, 0.25) is 0 Å². The first-order chi connectivity index (χ1) is 10.1. The lowest BCUT2D eigenvalue weighted by Gasteiger charge is -2.31. The highest BCUT2D eigenvalue weighted by Crippen LogP contribution is 2.21. The van der Waals surface area contributed by atoms with Crippen LogP contribution in [0, 0.1) is 5.92 Å². The Balaban J connectivity index is 1.70. The van der Waals surface area contributed by atoms with Gasteiger partial charge in [0.1, 0.15) is 0 Å². The zero-order valence-corrected chi connectivity index (χ0v) is 12.3. The second kappa shape index (κ2) is 7.10. The van der Waals surface area contributed by atoms with Crippen LogP contribution in [0.4, 0.5) is 4.79 Å². The van der Waals surface area contributed by atoms with Crippen LogP contribution in [0.1, 0.15) is 31.4 Å². The molecule has 0 aliphatic carbocycles. The van der Waals surface area contributed by atoms with Crippen molar-refractivity contribution in [1.29, 1.82) is 0 Å². The molecule has 1 aromatic heterocycles. The molecule has 0 unspecified atom stereocenters. The van der Waals surface area contributed by atoms with Crippen molar-refractivity contribution < 1.29 is 14.7 Å². The van der Waals surface area contributed by atoms with E-state index in [1.807, 2.05) is 13.1 Å². The summed E-state index contributed by atoms with van der Waals surface area (Å²) in [7, 11) is 1.84. The number of hydrogen-bond donors (Lipinski definition) is 2. The molecule has 0 atom stereocenters. The van der Waals surface area contributed by atoms with E-state index in [1.54, 1.807) is 15.8 Å². The second-order valence-corrected chi connectivity index (χ2v) is 5.47. The summed E-state index contributed by atoms with van der Waals surface area (Å²) in [5, 5.41) is 15.6. The van der Waals surface area contributed by atoms with E-state index in [1.165, 1.54) is 0 Å². The van der Waals surface area contributed by atoms with Crippen molar-refractivity contribution in [2.45, 2.75) is 32.2 Å². The summed E-state index contributed by atoms with van der Waals surface area (Å²) in [6.07, 6.45) is 4.39. The van der Waals surface area contributed by atoms with E-state index in [4.69, 9.17) is 5.11 Å². The zero-order chi connectivity index (χ0) is 15.2. The Kier molecular flexibility index (Phi) is 5.19. The smallest absolute Gasteiger partial charge is 0.317 e. The topological polar surface area (TPSA) is 87.5 Å². The van der Waals surface area contributed by atoms with E-state index >= 15 is 0 Å². The second-order valence-electron chi connectivity index (χ2n) is 5.47. The van der Waals surface area contributed by atoms with Crippen molar-refractivity contribution in [1.82, 2.24) is 20.0 Å². The number of aromatic nitrogens is 2. The third-order valence-corrected chi connectivity index (χ3v) is 4.01. The Bertz CT molecular complexity index is 492. The zero-order valence-electron chi connectivity index (χ0n) is 12.3. The lowest BCUT2D eigenvalue weighted by molar-refractivity contribution is -0.137. The molecule has 0 spiro atoms. The molecule has 1 aromatic rings. The van der Waals surface area contributed by atoms with Crippen LogP contribution < -0.4 is 5.32 Å². The lowest BCUT2D eigenvalue weighted by atomic mass is 9.92.